The second-order valence-electron chi connectivity index (χ2n) is 9.61. The van der Waals surface area contributed by atoms with Gasteiger partial charge in [0, 0.05) is 11.6 Å². The van der Waals surface area contributed by atoms with Crippen LogP contribution in [0.1, 0.15) is 49.1 Å². The van der Waals surface area contributed by atoms with Crippen LogP contribution in [0.25, 0.3) is 11.8 Å². The van der Waals surface area contributed by atoms with Gasteiger partial charge in [-0.3, -0.25) is 4.98 Å². The molecule has 2 saturated carbocycles. The predicted molar refractivity (Wildman–Crippen MR) is 122 cm³/mol. The van der Waals surface area contributed by atoms with Crippen molar-refractivity contribution in [1.29, 1.82) is 0 Å². The molecule has 1 aromatic carbocycles. The van der Waals surface area contributed by atoms with E-state index in [0.717, 1.165) is 54.7 Å². The summed E-state index contributed by atoms with van der Waals surface area (Å²) in [4.78, 5) is 4.45. The number of halogens is 1. The molecule has 0 unspecified atom stereocenters. The molecule has 0 saturated heterocycles. The number of rotatable bonds is 5. The Labute approximate surface area is 186 Å². The summed E-state index contributed by atoms with van der Waals surface area (Å²) >= 11 is 0. The van der Waals surface area contributed by atoms with Crippen LogP contribution in [-0.4, -0.2) is 25.5 Å². The van der Waals surface area contributed by atoms with Crippen LogP contribution in [0.2, 0.25) is 0 Å². The number of benzene rings is 1. The lowest BCUT2D eigenvalue weighted by molar-refractivity contribution is -0.0662. The molecule has 0 radical (unpaired) electrons. The van der Waals surface area contributed by atoms with Gasteiger partial charge in [-0.05, 0) is 98.9 Å². The molecule has 2 heterocycles. The monoisotopic (exact) mass is 430 g/mol. The Kier molecular flexibility index (Phi) is 4.31. The maximum Gasteiger partial charge on any atom is 0.123 e. The van der Waals surface area contributed by atoms with Gasteiger partial charge >= 0.3 is 0 Å². The Hall–Kier alpha value is -2.99. The summed E-state index contributed by atoms with van der Waals surface area (Å²) in [6.45, 7) is 0. The number of anilines is 1. The third kappa shape index (κ3) is 2.85. The second-order valence-corrected chi connectivity index (χ2v) is 9.61. The molecule has 0 spiro atoms. The van der Waals surface area contributed by atoms with E-state index in [2.05, 4.69) is 16.2 Å². The molecular formula is C26H27FN4O. The van der Waals surface area contributed by atoms with Crippen LogP contribution in [0, 0.1) is 17.2 Å². The fraction of sp³-hybridized carbons (Fsp3) is 0.385. The van der Waals surface area contributed by atoms with Crippen LogP contribution >= 0.6 is 0 Å². The lowest BCUT2D eigenvalue weighted by Gasteiger charge is -2.46. The van der Waals surface area contributed by atoms with Crippen molar-refractivity contribution in [3.63, 3.8) is 0 Å². The molecular weight excluding hydrogens is 403 g/mol. The number of nitrogens with two attached hydrogens (primary N) is 1. The van der Waals surface area contributed by atoms with Gasteiger partial charge in [-0.15, -0.1) is 0 Å². The summed E-state index contributed by atoms with van der Waals surface area (Å²) in [5, 5.41) is 16.7. The molecule has 3 aliphatic rings. The summed E-state index contributed by atoms with van der Waals surface area (Å²) in [7, 11) is 0. The van der Waals surface area contributed by atoms with Crippen LogP contribution < -0.4 is 5.73 Å². The summed E-state index contributed by atoms with van der Waals surface area (Å²) < 4.78 is 15.3. The normalized spacial score (nSPS) is 26.5. The Bertz CT molecular complexity index is 1210. The summed E-state index contributed by atoms with van der Waals surface area (Å²) in [6, 6.07) is 10.2. The van der Waals surface area contributed by atoms with Crippen LogP contribution in [0.3, 0.4) is 0 Å². The number of hydrogen-bond acceptors (Lipinski definition) is 4. The first kappa shape index (κ1) is 19.7. The van der Waals surface area contributed by atoms with Gasteiger partial charge in [0.15, 0.2) is 0 Å². The van der Waals surface area contributed by atoms with Gasteiger partial charge < -0.3 is 10.8 Å². The van der Waals surface area contributed by atoms with Crippen molar-refractivity contribution in [2.75, 3.05) is 5.73 Å². The average molecular weight is 431 g/mol. The zero-order valence-corrected chi connectivity index (χ0v) is 18.0. The minimum absolute atomic E-state index is 0.236. The lowest BCUT2D eigenvalue weighted by Crippen LogP contribution is -2.49. The number of aryl methyl sites for hydroxylation is 1. The molecule has 5 nitrogen and oxygen atoms in total. The number of fused-ring (bicyclic) bond motifs is 2. The number of aromatic nitrogens is 3. The summed E-state index contributed by atoms with van der Waals surface area (Å²) in [5.41, 5.74) is 11.1. The van der Waals surface area contributed by atoms with E-state index in [0.29, 0.717) is 24.4 Å². The minimum atomic E-state index is -0.778. The molecule has 164 valence electrons. The maximum atomic E-state index is 13.4. The molecule has 0 aliphatic heterocycles. The van der Waals surface area contributed by atoms with Gasteiger partial charge in [-0.2, -0.15) is 5.10 Å². The second kappa shape index (κ2) is 7.01. The molecule has 3 aliphatic carbocycles. The fourth-order valence-corrected chi connectivity index (χ4v) is 6.20. The van der Waals surface area contributed by atoms with E-state index in [1.165, 1.54) is 17.7 Å². The van der Waals surface area contributed by atoms with Gasteiger partial charge in [0.05, 0.1) is 34.6 Å². The van der Waals surface area contributed by atoms with Gasteiger partial charge in [-0.25, -0.2) is 9.07 Å². The Balaban J connectivity index is 1.36. The van der Waals surface area contributed by atoms with Crippen molar-refractivity contribution in [2.45, 2.75) is 50.5 Å². The van der Waals surface area contributed by atoms with E-state index < -0.39 is 5.60 Å². The van der Waals surface area contributed by atoms with Crippen molar-refractivity contribution in [2.24, 2.45) is 11.3 Å². The van der Waals surface area contributed by atoms with Gasteiger partial charge in [0.25, 0.3) is 0 Å². The Morgan fingerprint density at radius 3 is 2.75 bits per heavy atom. The van der Waals surface area contributed by atoms with E-state index in [1.54, 1.807) is 18.3 Å². The third-order valence-electron chi connectivity index (χ3n) is 7.92. The zero-order valence-electron chi connectivity index (χ0n) is 18.0. The molecule has 0 amide bonds. The molecule has 2 atom stereocenters. The molecule has 3 N–H and O–H groups in total. The topological polar surface area (TPSA) is 77.0 Å². The Morgan fingerprint density at radius 2 is 2.00 bits per heavy atom. The lowest BCUT2D eigenvalue weighted by atomic mass is 9.61. The predicted octanol–water partition coefficient (Wildman–Crippen LogP) is 4.48. The van der Waals surface area contributed by atoms with Crippen molar-refractivity contribution in [1.82, 2.24) is 14.8 Å². The van der Waals surface area contributed by atoms with E-state index in [4.69, 9.17) is 5.73 Å². The quantitative estimate of drug-likeness (QED) is 0.626. The average Bonchev–Trinajstić information content (AvgIpc) is 3.51. The third-order valence-corrected chi connectivity index (χ3v) is 7.92. The SMILES string of the molecule is Nc1cccnc1CC[C@]1(O)CCC2=Cc3c(cnn3-c3ccc(F)cc3)C[C@@]21C1CC1. The highest BCUT2D eigenvalue weighted by molar-refractivity contribution is 5.63. The fourth-order valence-electron chi connectivity index (χ4n) is 6.20. The molecule has 2 fully saturated rings. The van der Waals surface area contributed by atoms with Crippen molar-refractivity contribution in [3.8, 4) is 5.69 Å². The highest BCUT2D eigenvalue weighted by atomic mass is 19.1. The standard InChI is InChI=1S/C26H27FN4O/c27-20-5-7-21(8-6-20)31-24-14-19-9-11-25(32,12-10-23-22(28)2-1-13-29-23)26(19,18-3-4-18)15-17(24)16-30-31/h1-2,5-8,13-14,16,18,32H,3-4,9-12,15,28H2/t25-,26-/m1/s1. The van der Waals surface area contributed by atoms with Crippen molar-refractivity contribution in [3.05, 3.63) is 77.1 Å². The van der Waals surface area contributed by atoms with Crippen LogP contribution in [0.4, 0.5) is 10.1 Å². The van der Waals surface area contributed by atoms with Gasteiger partial charge in [0.2, 0.25) is 0 Å². The van der Waals surface area contributed by atoms with Crippen molar-refractivity contribution >= 4 is 11.8 Å². The van der Waals surface area contributed by atoms with E-state index in [1.807, 2.05) is 23.0 Å². The van der Waals surface area contributed by atoms with E-state index in [9.17, 15) is 9.50 Å². The number of pyridine rings is 1. The van der Waals surface area contributed by atoms with Gasteiger partial charge in [-0.1, -0.05) is 5.57 Å². The zero-order chi connectivity index (χ0) is 21.9. The number of aliphatic hydroxyl groups is 1. The maximum absolute atomic E-state index is 13.4. The first-order valence-corrected chi connectivity index (χ1v) is 11.5. The summed E-state index contributed by atoms with van der Waals surface area (Å²) in [6.07, 6.45) is 12.0. The highest BCUT2D eigenvalue weighted by Crippen LogP contribution is 2.66. The number of hydrogen-bond donors (Lipinski definition) is 2. The Morgan fingerprint density at radius 1 is 1.19 bits per heavy atom. The van der Waals surface area contributed by atoms with Crippen molar-refractivity contribution < 1.29 is 9.50 Å². The van der Waals surface area contributed by atoms with Gasteiger partial charge in [0.1, 0.15) is 5.82 Å². The molecule has 0 bridgehead atoms. The number of nitrogens with zero attached hydrogens (tertiary/aromatic N) is 3. The van der Waals surface area contributed by atoms with Crippen LogP contribution in [-0.2, 0) is 12.8 Å². The molecule has 6 heteroatoms. The molecule has 3 aromatic rings. The van der Waals surface area contributed by atoms with Crippen LogP contribution in [0.5, 0.6) is 0 Å². The minimum Gasteiger partial charge on any atom is -0.397 e. The smallest absolute Gasteiger partial charge is 0.123 e. The molecule has 6 rings (SSSR count). The van der Waals surface area contributed by atoms with E-state index in [-0.39, 0.29) is 11.2 Å². The van der Waals surface area contributed by atoms with E-state index >= 15 is 0 Å². The first-order chi connectivity index (χ1) is 15.5. The van der Waals surface area contributed by atoms with Crippen LogP contribution in [0.15, 0.2) is 54.4 Å². The highest BCUT2D eigenvalue weighted by Gasteiger charge is 2.63. The number of nitrogen functional groups attached to an aromatic ring is 1. The summed E-state index contributed by atoms with van der Waals surface area (Å²) in [5.74, 6) is 0.250. The largest absolute Gasteiger partial charge is 0.397 e. The first-order valence-electron chi connectivity index (χ1n) is 11.5. The molecule has 2 aromatic heterocycles. The molecule has 32 heavy (non-hydrogen) atoms.